The number of aromatic nitrogens is 3. The van der Waals surface area contributed by atoms with Crippen molar-refractivity contribution in [3.63, 3.8) is 0 Å². The summed E-state index contributed by atoms with van der Waals surface area (Å²) in [6.07, 6.45) is 5.33. The van der Waals surface area contributed by atoms with Gasteiger partial charge in [-0.25, -0.2) is 9.97 Å². The van der Waals surface area contributed by atoms with Gasteiger partial charge in [-0.3, -0.25) is 4.57 Å². The van der Waals surface area contributed by atoms with Gasteiger partial charge in [-0.15, -0.1) is 11.3 Å². The van der Waals surface area contributed by atoms with E-state index in [1.54, 1.807) is 23.9 Å². The molecule has 4 nitrogen and oxygen atoms in total. The van der Waals surface area contributed by atoms with Crippen molar-refractivity contribution in [2.24, 2.45) is 0 Å². The standard InChI is InChI=1S/C14H13N3OS/c1-3-18-10(2)13-14-11(4-7-19-14)8-12(16-13)17-6-5-15-9-17/h4-9H,2-3H2,1H3. The molecule has 0 aliphatic rings. The number of thiophene rings is 1. The summed E-state index contributed by atoms with van der Waals surface area (Å²) >= 11 is 1.65. The van der Waals surface area contributed by atoms with Crippen molar-refractivity contribution in [2.75, 3.05) is 6.61 Å². The van der Waals surface area contributed by atoms with E-state index in [1.165, 1.54) is 0 Å². The first-order chi connectivity index (χ1) is 9.29. The fourth-order valence-electron chi connectivity index (χ4n) is 1.92. The third-order valence-electron chi connectivity index (χ3n) is 2.77. The predicted molar refractivity (Wildman–Crippen MR) is 77.4 cm³/mol. The molecule has 3 heterocycles. The molecular weight excluding hydrogens is 258 g/mol. The number of hydrogen-bond donors (Lipinski definition) is 0. The van der Waals surface area contributed by atoms with Gasteiger partial charge in [0.25, 0.3) is 0 Å². The summed E-state index contributed by atoms with van der Waals surface area (Å²) in [6, 6.07) is 4.11. The molecular formula is C14H13N3OS. The van der Waals surface area contributed by atoms with Crippen LogP contribution in [0, 0.1) is 0 Å². The number of fused-ring (bicyclic) bond motifs is 1. The molecule has 0 radical (unpaired) electrons. The first-order valence-corrected chi connectivity index (χ1v) is 6.86. The Morgan fingerprint density at radius 1 is 1.53 bits per heavy atom. The van der Waals surface area contributed by atoms with Crippen LogP contribution in [-0.2, 0) is 4.74 Å². The number of hydrogen-bond acceptors (Lipinski definition) is 4. The topological polar surface area (TPSA) is 39.9 Å². The molecule has 5 heteroatoms. The van der Waals surface area contributed by atoms with Crippen molar-refractivity contribution >= 4 is 27.2 Å². The fourth-order valence-corrected chi connectivity index (χ4v) is 2.81. The number of pyridine rings is 1. The van der Waals surface area contributed by atoms with Crippen LogP contribution in [0.4, 0.5) is 0 Å². The van der Waals surface area contributed by atoms with Crippen molar-refractivity contribution in [3.05, 3.63) is 48.5 Å². The predicted octanol–water partition coefficient (Wildman–Crippen LogP) is 3.49. The van der Waals surface area contributed by atoms with Gasteiger partial charge in [0, 0.05) is 12.4 Å². The van der Waals surface area contributed by atoms with Crippen LogP contribution in [0.2, 0.25) is 0 Å². The Kier molecular flexibility index (Phi) is 3.05. The van der Waals surface area contributed by atoms with Crippen molar-refractivity contribution in [1.29, 1.82) is 0 Å². The average Bonchev–Trinajstić information content (AvgIpc) is 3.08. The van der Waals surface area contributed by atoms with E-state index in [4.69, 9.17) is 4.74 Å². The highest BCUT2D eigenvalue weighted by Gasteiger charge is 2.12. The average molecular weight is 271 g/mol. The molecule has 3 aromatic rings. The molecule has 0 fully saturated rings. The minimum atomic E-state index is 0.586. The zero-order chi connectivity index (χ0) is 13.2. The number of imidazole rings is 1. The van der Waals surface area contributed by atoms with Crippen molar-refractivity contribution in [3.8, 4) is 5.82 Å². The molecule has 96 valence electrons. The summed E-state index contributed by atoms with van der Waals surface area (Å²) in [4.78, 5) is 8.69. The Bertz CT molecular complexity index is 715. The number of nitrogens with zero attached hydrogens (tertiary/aromatic N) is 3. The Labute approximate surface area is 115 Å². The lowest BCUT2D eigenvalue weighted by molar-refractivity contribution is 0.298. The highest BCUT2D eigenvalue weighted by atomic mass is 32.1. The van der Waals surface area contributed by atoms with E-state index in [9.17, 15) is 0 Å². The second-order valence-electron chi connectivity index (χ2n) is 3.99. The molecule has 0 amide bonds. The lowest BCUT2D eigenvalue weighted by Gasteiger charge is -2.10. The van der Waals surface area contributed by atoms with Crippen LogP contribution in [0.15, 0.2) is 42.8 Å². The maximum absolute atomic E-state index is 5.50. The van der Waals surface area contributed by atoms with Crippen LogP contribution in [0.5, 0.6) is 0 Å². The minimum Gasteiger partial charge on any atom is -0.492 e. The van der Waals surface area contributed by atoms with Crippen LogP contribution >= 0.6 is 11.3 Å². The number of rotatable bonds is 4. The smallest absolute Gasteiger partial charge is 0.139 e. The molecule has 0 aliphatic carbocycles. The van der Waals surface area contributed by atoms with Gasteiger partial charge in [-0.2, -0.15) is 0 Å². The van der Waals surface area contributed by atoms with Gasteiger partial charge in [-0.1, -0.05) is 6.58 Å². The highest BCUT2D eigenvalue weighted by Crippen LogP contribution is 2.29. The third kappa shape index (κ3) is 2.13. The van der Waals surface area contributed by atoms with Gasteiger partial charge in [-0.05, 0) is 29.8 Å². The van der Waals surface area contributed by atoms with E-state index in [2.05, 4.69) is 22.6 Å². The molecule has 0 atom stereocenters. The van der Waals surface area contributed by atoms with Crippen LogP contribution in [0.25, 0.3) is 21.7 Å². The first kappa shape index (κ1) is 11.9. The van der Waals surface area contributed by atoms with Gasteiger partial charge < -0.3 is 4.74 Å². The zero-order valence-corrected chi connectivity index (χ0v) is 11.4. The number of ether oxygens (including phenoxy) is 1. The van der Waals surface area contributed by atoms with Gasteiger partial charge >= 0.3 is 0 Å². The molecule has 3 aromatic heterocycles. The van der Waals surface area contributed by atoms with Crippen molar-refractivity contribution in [2.45, 2.75) is 6.92 Å². The van der Waals surface area contributed by atoms with Crippen molar-refractivity contribution < 1.29 is 4.74 Å². The molecule has 0 aromatic carbocycles. The summed E-state index contributed by atoms with van der Waals surface area (Å²) in [5, 5.41) is 3.19. The Balaban J connectivity index is 2.18. The largest absolute Gasteiger partial charge is 0.492 e. The van der Waals surface area contributed by atoms with E-state index in [0.29, 0.717) is 12.4 Å². The van der Waals surface area contributed by atoms with Gasteiger partial charge in [0.1, 0.15) is 23.6 Å². The van der Waals surface area contributed by atoms with Gasteiger partial charge in [0.05, 0.1) is 11.3 Å². The van der Waals surface area contributed by atoms with Crippen LogP contribution in [0.1, 0.15) is 12.6 Å². The van der Waals surface area contributed by atoms with Crippen LogP contribution in [0.3, 0.4) is 0 Å². The molecule has 0 bridgehead atoms. The quantitative estimate of drug-likeness (QED) is 0.682. The van der Waals surface area contributed by atoms with E-state index >= 15 is 0 Å². The maximum atomic E-state index is 5.50. The summed E-state index contributed by atoms with van der Waals surface area (Å²) in [5.74, 6) is 1.43. The molecule has 0 spiro atoms. The van der Waals surface area contributed by atoms with Gasteiger partial charge in [0.2, 0.25) is 0 Å². The third-order valence-corrected chi connectivity index (χ3v) is 3.71. The minimum absolute atomic E-state index is 0.586. The maximum Gasteiger partial charge on any atom is 0.139 e. The van der Waals surface area contributed by atoms with Crippen LogP contribution < -0.4 is 0 Å². The molecule has 0 aliphatic heterocycles. The second kappa shape index (κ2) is 4.85. The summed E-state index contributed by atoms with van der Waals surface area (Å²) in [5.41, 5.74) is 0.804. The van der Waals surface area contributed by atoms with E-state index < -0.39 is 0 Å². The van der Waals surface area contributed by atoms with E-state index in [0.717, 1.165) is 21.6 Å². The highest BCUT2D eigenvalue weighted by molar-refractivity contribution is 7.17. The summed E-state index contributed by atoms with van der Waals surface area (Å²) < 4.78 is 8.48. The molecule has 0 saturated heterocycles. The van der Waals surface area contributed by atoms with Gasteiger partial charge in [0.15, 0.2) is 0 Å². The normalized spacial score (nSPS) is 10.8. The Morgan fingerprint density at radius 2 is 2.42 bits per heavy atom. The van der Waals surface area contributed by atoms with E-state index in [-0.39, 0.29) is 0 Å². The molecule has 19 heavy (non-hydrogen) atoms. The molecule has 0 N–H and O–H groups in total. The first-order valence-electron chi connectivity index (χ1n) is 5.98. The Hall–Kier alpha value is -2.14. The lowest BCUT2D eigenvalue weighted by Crippen LogP contribution is -2.00. The van der Waals surface area contributed by atoms with Crippen molar-refractivity contribution in [1.82, 2.24) is 14.5 Å². The van der Waals surface area contributed by atoms with Crippen LogP contribution in [-0.4, -0.2) is 21.1 Å². The SMILES string of the molecule is C=C(OCC)c1nc(-n2ccnc2)cc2ccsc12. The molecule has 0 saturated carbocycles. The summed E-state index contributed by atoms with van der Waals surface area (Å²) in [7, 11) is 0. The summed E-state index contributed by atoms with van der Waals surface area (Å²) in [6.45, 7) is 6.49. The molecule has 0 unspecified atom stereocenters. The lowest BCUT2D eigenvalue weighted by atomic mass is 10.2. The second-order valence-corrected chi connectivity index (χ2v) is 4.91. The molecule has 3 rings (SSSR count). The zero-order valence-electron chi connectivity index (χ0n) is 10.5. The van der Waals surface area contributed by atoms with E-state index in [1.807, 2.05) is 29.1 Å². The Morgan fingerprint density at radius 3 is 3.16 bits per heavy atom. The fraction of sp³-hybridized carbons (Fsp3) is 0.143. The monoisotopic (exact) mass is 271 g/mol.